The van der Waals surface area contributed by atoms with Gasteiger partial charge in [-0.05, 0) is 30.7 Å². The van der Waals surface area contributed by atoms with Crippen molar-refractivity contribution >= 4 is 29.1 Å². The third-order valence-electron chi connectivity index (χ3n) is 3.29. The van der Waals surface area contributed by atoms with Gasteiger partial charge in [0.1, 0.15) is 0 Å². The van der Waals surface area contributed by atoms with Crippen molar-refractivity contribution in [2.75, 3.05) is 6.61 Å². The van der Waals surface area contributed by atoms with E-state index in [1.54, 1.807) is 19.1 Å². The van der Waals surface area contributed by atoms with Crippen molar-refractivity contribution in [3.8, 4) is 0 Å². The third kappa shape index (κ3) is 3.56. The Morgan fingerprint density at radius 1 is 1.19 bits per heavy atom. The molecule has 0 aliphatic heterocycles. The summed E-state index contributed by atoms with van der Waals surface area (Å²) in [6.45, 7) is 1.53. The molecule has 0 aromatic heterocycles. The Kier molecular flexibility index (Phi) is 4.88. The van der Waals surface area contributed by atoms with Gasteiger partial charge in [-0.15, -0.1) is 0 Å². The van der Waals surface area contributed by atoms with Crippen LogP contribution in [-0.2, 0) is 5.54 Å². The van der Waals surface area contributed by atoms with Gasteiger partial charge in [0.2, 0.25) is 0 Å². The Balaban J connectivity index is 2.28. The lowest BCUT2D eigenvalue weighted by atomic mass is 9.92. The van der Waals surface area contributed by atoms with Crippen molar-refractivity contribution in [2.24, 2.45) is 0 Å². The first kappa shape index (κ1) is 15.8. The average Bonchev–Trinajstić information content (AvgIpc) is 2.47. The summed E-state index contributed by atoms with van der Waals surface area (Å²) >= 11 is 11.9. The highest BCUT2D eigenvalue weighted by Crippen LogP contribution is 2.24. The molecule has 0 spiro atoms. The van der Waals surface area contributed by atoms with Crippen molar-refractivity contribution in [3.05, 3.63) is 69.7 Å². The van der Waals surface area contributed by atoms with Crippen molar-refractivity contribution in [1.29, 1.82) is 0 Å². The van der Waals surface area contributed by atoms with Crippen molar-refractivity contribution in [2.45, 2.75) is 12.5 Å². The van der Waals surface area contributed by atoms with E-state index in [0.29, 0.717) is 10.6 Å². The number of rotatable bonds is 4. The zero-order chi connectivity index (χ0) is 15.5. The lowest BCUT2D eigenvalue weighted by Crippen LogP contribution is -2.46. The zero-order valence-electron chi connectivity index (χ0n) is 11.4. The summed E-state index contributed by atoms with van der Waals surface area (Å²) in [5, 5.41) is 13.2. The summed E-state index contributed by atoms with van der Waals surface area (Å²) in [6, 6.07) is 13.9. The molecule has 0 aliphatic carbocycles. The maximum atomic E-state index is 12.4. The predicted molar refractivity (Wildman–Crippen MR) is 84.8 cm³/mol. The fourth-order valence-corrected chi connectivity index (χ4v) is 2.49. The first-order valence-electron chi connectivity index (χ1n) is 6.40. The van der Waals surface area contributed by atoms with Gasteiger partial charge in [0, 0.05) is 5.02 Å². The van der Waals surface area contributed by atoms with E-state index in [-0.39, 0.29) is 17.5 Å². The minimum atomic E-state index is -0.888. The van der Waals surface area contributed by atoms with Crippen LogP contribution in [0.3, 0.4) is 0 Å². The molecular formula is C16H15Cl2NO2. The van der Waals surface area contributed by atoms with Crippen LogP contribution in [0.5, 0.6) is 0 Å². The molecule has 2 aromatic rings. The van der Waals surface area contributed by atoms with Gasteiger partial charge in [-0.25, -0.2) is 0 Å². The topological polar surface area (TPSA) is 49.3 Å². The largest absolute Gasteiger partial charge is 0.394 e. The monoisotopic (exact) mass is 323 g/mol. The number of carbonyl (C=O) groups excluding carboxylic acids is 1. The SMILES string of the molecule is CC(CO)(NC(=O)c1ccc(Cl)cc1Cl)c1ccccc1. The quantitative estimate of drug-likeness (QED) is 0.902. The van der Waals surface area contributed by atoms with Crippen LogP contribution in [0.1, 0.15) is 22.8 Å². The van der Waals surface area contributed by atoms with Gasteiger partial charge in [-0.2, -0.15) is 0 Å². The molecule has 5 heteroatoms. The van der Waals surface area contributed by atoms with Gasteiger partial charge < -0.3 is 10.4 Å². The highest BCUT2D eigenvalue weighted by Gasteiger charge is 2.28. The fourth-order valence-electron chi connectivity index (χ4n) is 2.00. The van der Waals surface area contributed by atoms with Crippen LogP contribution >= 0.6 is 23.2 Å². The average molecular weight is 324 g/mol. The van der Waals surface area contributed by atoms with Gasteiger partial charge in [-0.3, -0.25) is 4.79 Å². The Bertz CT molecular complexity index is 646. The van der Waals surface area contributed by atoms with Crippen LogP contribution in [-0.4, -0.2) is 17.6 Å². The molecular weight excluding hydrogens is 309 g/mol. The van der Waals surface area contributed by atoms with E-state index >= 15 is 0 Å². The first-order valence-corrected chi connectivity index (χ1v) is 7.16. The summed E-state index contributed by atoms with van der Waals surface area (Å²) in [5.74, 6) is -0.364. The number of hydrogen-bond acceptors (Lipinski definition) is 2. The molecule has 0 aliphatic rings. The van der Waals surface area contributed by atoms with E-state index in [1.165, 1.54) is 6.07 Å². The molecule has 0 fully saturated rings. The molecule has 3 nitrogen and oxygen atoms in total. The minimum absolute atomic E-state index is 0.228. The maximum absolute atomic E-state index is 12.4. The molecule has 0 saturated carbocycles. The summed E-state index contributed by atoms with van der Waals surface area (Å²) < 4.78 is 0. The van der Waals surface area contributed by atoms with E-state index in [4.69, 9.17) is 23.2 Å². The first-order chi connectivity index (χ1) is 9.96. The maximum Gasteiger partial charge on any atom is 0.253 e. The number of carbonyl (C=O) groups is 1. The Morgan fingerprint density at radius 2 is 1.86 bits per heavy atom. The highest BCUT2D eigenvalue weighted by molar-refractivity contribution is 6.36. The fraction of sp³-hybridized carbons (Fsp3) is 0.188. The third-order valence-corrected chi connectivity index (χ3v) is 3.84. The van der Waals surface area contributed by atoms with Crippen molar-refractivity contribution in [3.63, 3.8) is 0 Å². The minimum Gasteiger partial charge on any atom is -0.394 e. The number of benzene rings is 2. The summed E-state index contributed by atoms with van der Waals surface area (Å²) in [5.41, 5.74) is 0.240. The molecule has 0 bridgehead atoms. The summed E-state index contributed by atoms with van der Waals surface area (Å²) in [6.07, 6.45) is 0. The second-order valence-corrected chi connectivity index (χ2v) is 5.78. The standard InChI is InChI=1S/C16H15Cl2NO2/c1-16(10-20,11-5-3-2-4-6-11)19-15(21)13-8-7-12(17)9-14(13)18/h2-9,20H,10H2,1H3,(H,19,21). The second kappa shape index (κ2) is 6.48. The van der Waals surface area contributed by atoms with Crippen LogP contribution in [0, 0.1) is 0 Å². The number of nitrogens with one attached hydrogen (secondary N) is 1. The molecule has 0 radical (unpaired) electrons. The van der Waals surface area contributed by atoms with Gasteiger partial charge >= 0.3 is 0 Å². The molecule has 0 heterocycles. The number of halogens is 2. The lowest BCUT2D eigenvalue weighted by molar-refractivity contribution is 0.0850. The van der Waals surface area contributed by atoms with Crippen LogP contribution in [0.4, 0.5) is 0 Å². The smallest absolute Gasteiger partial charge is 0.253 e. The van der Waals surface area contributed by atoms with Crippen LogP contribution < -0.4 is 5.32 Å². The molecule has 0 saturated heterocycles. The molecule has 2 rings (SSSR count). The molecule has 1 unspecified atom stereocenters. The van der Waals surface area contributed by atoms with Gasteiger partial charge in [0.15, 0.2) is 0 Å². The van der Waals surface area contributed by atoms with Gasteiger partial charge in [0.05, 0.1) is 22.7 Å². The molecule has 1 atom stereocenters. The number of aliphatic hydroxyl groups is 1. The highest BCUT2D eigenvalue weighted by atomic mass is 35.5. The van der Waals surface area contributed by atoms with Crippen LogP contribution in [0.2, 0.25) is 10.0 Å². The van der Waals surface area contributed by atoms with E-state index in [1.807, 2.05) is 30.3 Å². The molecule has 1 amide bonds. The molecule has 21 heavy (non-hydrogen) atoms. The predicted octanol–water partition coefficient (Wildman–Crippen LogP) is 3.63. The van der Waals surface area contributed by atoms with E-state index < -0.39 is 5.54 Å². The normalized spacial score (nSPS) is 13.5. The van der Waals surface area contributed by atoms with Crippen molar-refractivity contribution in [1.82, 2.24) is 5.32 Å². The second-order valence-electron chi connectivity index (χ2n) is 4.93. The summed E-state index contributed by atoms with van der Waals surface area (Å²) in [7, 11) is 0. The molecule has 2 aromatic carbocycles. The van der Waals surface area contributed by atoms with E-state index in [2.05, 4.69) is 5.32 Å². The number of aliphatic hydroxyl groups excluding tert-OH is 1. The Labute approximate surface area is 133 Å². The zero-order valence-corrected chi connectivity index (χ0v) is 12.9. The van der Waals surface area contributed by atoms with Gasteiger partial charge in [0.25, 0.3) is 5.91 Å². The van der Waals surface area contributed by atoms with Crippen LogP contribution in [0.25, 0.3) is 0 Å². The van der Waals surface area contributed by atoms with Crippen LogP contribution in [0.15, 0.2) is 48.5 Å². The molecule has 2 N–H and O–H groups in total. The van der Waals surface area contributed by atoms with Gasteiger partial charge in [-0.1, -0.05) is 53.5 Å². The van der Waals surface area contributed by atoms with Crippen molar-refractivity contribution < 1.29 is 9.90 Å². The Morgan fingerprint density at radius 3 is 2.43 bits per heavy atom. The number of amides is 1. The summed E-state index contributed by atoms with van der Waals surface area (Å²) in [4.78, 5) is 12.4. The lowest BCUT2D eigenvalue weighted by Gasteiger charge is -2.29. The van der Waals surface area contributed by atoms with E-state index in [9.17, 15) is 9.90 Å². The number of hydrogen-bond donors (Lipinski definition) is 2. The van der Waals surface area contributed by atoms with E-state index in [0.717, 1.165) is 5.56 Å². The molecule has 110 valence electrons. The Hall–Kier alpha value is -1.55.